The van der Waals surface area contributed by atoms with Crippen molar-refractivity contribution in [2.75, 3.05) is 0 Å². The Kier molecular flexibility index (Phi) is 4.56. The smallest absolute Gasteiger partial charge is 0.241 e. The van der Waals surface area contributed by atoms with Crippen LogP contribution in [-0.4, -0.2) is 13.4 Å². The highest BCUT2D eigenvalue weighted by Crippen LogP contribution is 2.29. The molecule has 1 N–H and O–H groups in total. The van der Waals surface area contributed by atoms with Crippen molar-refractivity contribution < 1.29 is 21.6 Å². The van der Waals surface area contributed by atoms with E-state index in [0.717, 1.165) is 21.8 Å². The largest absolute Gasteiger partial charge is 0.416 e. The molecule has 1 aromatic heterocycles. The molecule has 0 fully saturated rings. The van der Waals surface area contributed by atoms with Gasteiger partial charge in [0.2, 0.25) is 10.0 Å². The fourth-order valence-electron chi connectivity index (χ4n) is 2.26. The van der Waals surface area contributed by atoms with E-state index in [9.17, 15) is 21.6 Å². The molecule has 3 rings (SSSR count). The number of alkyl halides is 3. The maximum absolute atomic E-state index is 12.5. The van der Waals surface area contributed by atoms with Crippen molar-refractivity contribution in [3.63, 3.8) is 0 Å². The van der Waals surface area contributed by atoms with Gasteiger partial charge in [0.05, 0.1) is 25.7 Å². The number of nitrogens with zero attached hydrogens (tertiary/aromatic N) is 1. The third kappa shape index (κ3) is 4.00. The van der Waals surface area contributed by atoms with Gasteiger partial charge in [0.1, 0.15) is 0 Å². The van der Waals surface area contributed by atoms with Gasteiger partial charge in [-0.25, -0.2) is 18.1 Å². The molecule has 0 bridgehead atoms. The van der Waals surface area contributed by atoms with E-state index < -0.39 is 21.8 Å². The first-order valence-corrected chi connectivity index (χ1v) is 9.48. The summed E-state index contributed by atoms with van der Waals surface area (Å²) in [4.78, 5) is 4.32. The van der Waals surface area contributed by atoms with Gasteiger partial charge >= 0.3 is 6.18 Å². The topological polar surface area (TPSA) is 59.1 Å². The summed E-state index contributed by atoms with van der Waals surface area (Å²) in [5.41, 5.74) is 0.255. The second-order valence-electron chi connectivity index (χ2n) is 5.38. The fourth-order valence-corrected chi connectivity index (χ4v) is 4.11. The molecule has 0 radical (unpaired) electrons. The van der Waals surface area contributed by atoms with Crippen LogP contribution in [0.25, 0.3) is 10.2 Å². The van der Waals surface area contributed by atoms with E-state index in [1.54, 1.807) is 6.07 Å². The lowest BCUT2D eigenvalue weighted by molar-refractivity contribution is -0.137. The summed E-state index contributed by atoms with van der Waals surface area (Å²) < 4.78 is 65.6. The van der Waals surface area contributed by atoms with Crippen molar-refractivity contribution in [1.82, 2.24) is 9.71 Å². The van der Waals surface area contributed by atoms with E-state index in [2.05, 4.69) is 9.71 Å². The second kappa shape index (κ2) is 6.40. The summed E-state index contributed by atoms with van der Waals surface area (Å²) in [6.07, 6.45) is -4.42. The van der Waals surface area contributed by atoms with Crippen LogP contribution in [0.4, 0.5) is 13.2 Å². The van der Waals surface area contributed by atoms with Gasteiger partial charge in [0, 0.05) is 6.54 Å². The van der Waals surface area contributed by atoms with Gasteiger partial charge in [0.25, 0.3) is 0 Å². The Bertz CT molecular complexity index is 1010. The molecule has 0 aliphatic carbocycles. The zero-order valence-corrected chi connectivity index (χ0v) is 14.6. The number of thiazole rings is 1. The number of aryl methyl sites for hydroxylation is 1. The Morgan fingerprint density at radius 1 is 1.12 bits per heavy atom. The van der Waals surface area contributed by atoms with Gasteiger partial charge < -0.3 is 0 Å². The number of sulfonamides is 1. The third-order valence-electron chi connectivity index (χ3n) is 3.52. The molecule has 3 aromatic rings. The summed E-state index contributed by atoms with van der Waals surface area (Å²) in [7, 11) is -3.79. The number of benzene rings is 2. The van der Waals surface area contributed by atoms with Gasteiger partial charge in [-0.05, 0) is 42.8 Å². The van der Waals surface area contributed by atoms with Gasteiger partial charge in [-0.2, -0.15) is 13.2 Å². The van der Waals surface area contributed by atoms with Crippen LogP contribution in [0.5, 0.6) is 0 Å². The van der Waals surface area contributed by atoms with Crippen LogP contribution in [0.1, 0.15) is 16.1 Å². The van der Waals surface area contributed by atoms with Crippen LogP contribution in [0, 0.1) is 6.92 Å². The highest BCUT2D eigenvalue weighted by atomic mass is 32.2. The van der Waals surface area contributed by atoms with Crippen LogP contribution in [-0.2, 0) is 22.7 Å². The van der Waals surface area contributed by atoms with Gasteiger partial charge in [0.15, 0.2) is 0 Å². The fraction of sp³-hybridized carbons (Fsp3) is 0.188. The minimum absolute atomic E-state index is 0.0669. The Hall–Kier alpha value is -1.97. The molecule has 0 spiro atoms. The van der Waals surface area contributed by atoms with Crippen molar-refractivity contribution in [2.45, 2.75) is 24.5 Å². The Balaban J connectivity index is 1.76. The quantitative estimate of drug-likeness (QED) is 0.734. The lowest BCUT2D eigenvalue weighted by Gasteiger charge is -2.09. The molecule has 0 aliphatic heterocycles. The van der Waals surface area contributed by atoms with Crippen molar-refractivity contribution in [3.8, 4) is 0 Å². The third-order valence-corrected chi connectivity index (χ3v) is 5.87. The number of halogens is 3. The minimum atomic E-state index is -4.42. The van der Waals surface area contributed by atoms with E-state index in [1.165, 1.54) is 35.6 Å². The molecular weight excluding hydrogens is 373 g/mol. The maximum atomic E-state index is 12.5. The maximum Gasteiger partial charge on any atom is 0.416 e. The molecule has 0 aliphatic rings. The molecule has 1 heterocycles. The first kappa shape index (κ1) is 17.8. The zero-order chi connectivity index (χ0) is 18.2. The lowest BCUT2D eigenvalue weighted by atomic mass is 10.1. The Labute approximate surface area is 146 Å². The highest BCUT2D eigenvalue weighted by Gasteiger charge is 2.29. The van der Waals surface area contributed by atoms with Crippen molar-refractivity contribution in [3.05, 3.63) is 58.6 Å². The van der Waals surface area contributed by atoms with Crippen LogP contribution >= 0.6 is 11.3 Å². The SMILES string of the molecule is Cc1nc2cc(S(=O)(=O)NCc3ccc(C(F)(F)F)cc3)ccc2s1. The van der Waals surface area contributed by atoms with E-state index in [-0.39, 0.29) is 11.4 Å². The van der Waals surface area contributed by atoms with E-state index in [1.807, 2.05) is 6.92 Å². The predicted octanol–water partition coefficient (Wildman–Crippen LogP) is 4.10. The second-order valence-corrected chi connectivity index (χ2v) is 8.38. The van der Waals surface area contributed by atoms with E-state index in [4.69, 9.17) is 0 Å². The van der Waals surface area contributed by atoms with E-state index in [0.29, 0.717) is 11.1 Å². The number of hydrogen-bond donors (Lipinski definition) is 1. The molecule has 9 heteroatoms. The number of rotatable bonds is 4. The lowest BCUT2D eigenvalue weighted by Crippen LogP contribution is -2.23. The van der Waals surface area contributed by atoms with Crippen molar-refractivity contribution >= 4 is 31.6 Å². The summed E-state index contributed by atoms with van der Waals surface area (Å²) in [5.74, 6) is 0. The van der Waals surface area contributed by atoms with Gasteiger partial charge in [-0.3, -0.25) is 0 Å². The number of aromatic nitrogens is 1. The zero-order valence-electron chi connectivity index (χ0n) is 13.0. The number of nitrogens with one attached hydrogen (secondary N) is 1. The first-order valence-electron chi connectivity index (χ1n) is 7.18. The summed E-state index contributed by atoms with van der Waals surface area (Å²) in [5, 5.41) is 0.835. The summed E-state index contributed by atoms with van der Waals surface area (Å²) >= 11 is 1.47. The van der Waals surface area contributed by atoms with Crippen LogP contribution in [0.2, 0.25) is 0 Å². The van der Waals surface area contributed by atoms with Crippen LogP contribution in [0.3, 0.4) is 0 Å². The van der Waals surface area contributed by atoms with E-state index >= 15 is 0 Å². The molecule has 25 heavy (non-hydrogen) atoms. The molecule has 132 valence electrons. The molecule has 4 nitrogen and oxygen atoms in total. The molecule has 0 unspecified atom stereocenters. The molecule has 0 amide bonds. The average Bonchev–Trinajstić information content (AvgIpc) is 2.91. The molecule has 2 aromatic carbocycles. The van der Waals surface area contributed by atoms with Crippen molar-refractivity contribution in [1.29, 1.82) is 0 Å². The first-order chi connectivity index (χ1) is 11.6. The number of fused-ring (bicyclic) bond motifs is 1. The molecule has 0 saturated carbocycles. The Morgan fingerprint density at radius 3 is 2.44 bits per heavy atom. The van der Waals surface area contributed by atoms with Crippen molar-refractivity contribution in [2.24, 2.45) is 0 Å². The monoisotopic (exact) mass is 386 g/mol. The predicted molar refractivity (Wildman–Crippen MR) is 89.8 cm³/mol. The van der Waals surface area contributed by atoms with Gasteiger partial charge in [-0.1, -0.05) is 12.1 Å². The normalized spacial score (nSPS) is 12.6. The molecule has 0 atom stereocenters. The van der Waals surface area contributed by atoms with Crippen LogP contribution < -0.4 is 4.72 Å². The number of hydrogen-bond acceptors (Lipinski definition) is 4. The highest BCUT2D eigenvalue weighted by molar-refractivity contribution is 7.89. The standard InChI is InChI=1S/C16H13F3N2O2S2/c1-10-21-14-8-13(6-7-15(14)24-10)25(22,23)20-9-11-2-4-12(5-3-11)16(17,18)19/h2-8,20H,9H2,1H3. The minimum Gasteiger partial charge on any atom is -0.241 e. The molecule has 0 saturated heterocycles. The van der Waals surface area contributed by atoms with Gasteiger partial charge in [-0.15, -0.1) is 11.3 Å². The summed E-state index contributed by atoms with van der Waals surface area (Å²) in [6.45, 7) is 1.73. The van der Waals surface area contributed by atoms with Crippen LogP contribution in [0.15, 0.2) is 47.4 Å². The molecular formula is C16H13F3N2O2S2. The summed E-state index contributed by atoms with van der Waals surface area (Å²) in [6, 6.07) is 8.99. The average molecular weight is 386 g/mol. The Morgan fingerprint density at radius 2 is 1.80 bits per heavy atom.